The minimum Gasteiger partial charge on any atom is -0.186 e. The van der Waals surface area contributed by atoms with Gasteiger partial charge in [0.1, 0.15) is 5.01 Å². The molecule has 0 amide bonds. The Hall–Kier alpha value is -1.36. The van der Waals surface area contributed by atoms with Gasteiger partial charge in [-0.15, -0.1) is 31.7 Å². The highest BCUT2D eigenvalue weighted by molar-refractivity contribution is 8.00. The Bertz CT molecular complexity index is 874. The van der Waals surface area contributed by atoms with Gasteiger partial charge in [0.25, 0.3) is 0 Å². The van der Waals surface area contributed by atoms with Gasteiger partial charge in [-0.1, -0.05) is 40.5 Å². The molecule has 0 saturated heterocycles. The van der Waals surface area contributed by atoms with Gasteiger partial charge < -0.3 is 0 Å². The molecule has 4 rings (SSSR count). The monoisotopic (exact) mass is 352 g/mol. The highest BCUT2D eigenvalue weighted by atomic mass is 32.2. The Labute approximate surface area is 135 Å². The fraction of sp³-hybridized carbons (Fsp3) is 0.182. The Balaban J connectivity index is 1.60. The Kier molecular flexibility index (Phi) is 3.45. The Morgan fingerprint density at radius 2 is 2.14 bits per heavy atom. The van der Waals surface area contributed by atoms with Crippen LogP contribution in [-0.2, 0) is 5.75 Å². The van der Waals surface area contributed by atoms with Crippen LogP contribution in [0, 0.1) is 6.92 Å². The van der Waals surface area contributed by atoms with Crippen molar-refractivity contribution in [2.45, 2.75) is 17.0 Å². The van der Waals surface area contributed by atoms with Crippen LogP contribution in [0.15, 0.2) is 21.9 Å². The molecule has 21 heavy (non-hydrogen) atoms. The Morgan fingerprint density at radius 3 is 2.90 bits per heavy atom. The molecule has 0 fully saturated rings. The van der Waals surface area contributed by atoms with Gasteiger partial charge in [-0.2, -0.15) is 9.61 Å². The second-order valence-electron chi connectivity index (χ2n) is 4.07. The molecule has 0 bridgehead atoms. The minimum absolute atomic E-state index is 0.684. The van der Waals surface area contributed by atoms with E-state index in [1.165, 1.54) is 0 Å². The molecule has 0 radical (unpaired) electrons. The fourth-order valence-electron chi connectivity index (χ4n) is 1.71. The van der Waals surface area contributed by atoms with Gasteiger partial charge in [-0.3, -0.25) is 0 Å². The van der Waals surface area contributed by atoms with Crippen molar-refractivity contribution >= 4 is 50.7 Å². The molecule has 0 N–H and O–H groups in total. The van der Waals surface area contributed by atoms with E-state index in [9.17, 15) is 0 Å². The van der Waals surface area contributed by atoms with Crippen LogP contribution < -0.4 is 0 Å². The molecule has 0 aliphatic rings. The van der Waals surface area contributed by atoms with Crippen LogP contribution in [0.25, 0.3) is 14.8 Å². The molecule has 0 unspecified atom stereocenters. The third-order valence-corrected chi connectivity index (χ3v) is 6.53. The standard InChI is InChI=1S/C11H8N6S4/c1-6-12-15-11(20-6)19-5-8-13-14-10-17(8)16-9(21-10)7-3-2-4-18-7/h2-4H,5H2,1H3. The van der Waals surface area contributed by atoms with Crippen LogP contribution in [0.5, 0.6) is 0 Å². The van der Waals surface area contributed by atoms with E-state index in [1.807, 2.05) is 22.9 Å². The third-order valence-electron chi connectivity index (χ3n) is 2.62. The second-order valence-corrected chi connectivity index (χ2v) is 8.38. The van der Waals surface area contributed by atoms with Crippen molar-refractivity contribution in [3.8, 4) is 9.88 Å². The van der Waals surface area contributed by atoms with Crippen molar-refractivity contribution < 1.29 is 0 Å². The summed E-state index contributed by atoms with van der Waals surface area (Å²) < 4.78 is 2.76. The van der Waals surface area contributed by atoms with Gasteiger partial charge in [-0.05, 0) is 18.4 Å². The molecule has 4 heterocycles. The van der Waals surface area contributed by atoms with Crippen LogP contribution in [0.4, 0.5) is 0 Å². The van der Waals surface area contributed by atoms with Crippen molar-refractivity contribution in [3.63, 3.8) is 0 Å². The molecular weight excluding hydrogens is 344 g/mol. The van der Waals surface area contributed by atoms with E-state index in [4.69, 9.17) is 0 Å². The predicted molar refractivity (Wildman–Crippen MR) is 86.2 cm³/mol. The zero-order valence-corrected chi connectivity index (χ0v) is 14.0. The number of aryl methyl sites for hydroxylation is 1. The van der Waals surface area contributed by atoms with Gasteiger partial charge >= 0.3 is 0 Å². The van der Waals surface area contributed by atoms with E-state index < -0.39 is 0 Å². The number of nitrogens with zero attached hydrogens (tertiary/aromatic N) is 6. The highest BCUT2D eigenvalue weighted by Crippen LogP contribution is 2.30. The lowest BCUT2D eigenvalue weighted by Crippen LogP contribution is -1.93. The number of rotatable bonds is 4. The molecule has 10 heteroatoms. The van der Waals surface area contributed by atoms with E-state index in [0.29, 0.717) is 5.75 Å². The largest absolute Gasteiger partial charge is 0.235 e. The molecule has 4 aromatic rings. The average molecular weight is 352 g/mol. The predicted octanol–water partition coefficient (Wildman–Crippen LogP) is 3.37. The van der Waals surface area contributed by atoms with Gasteiger partial charge in [0.05, 0.1) is 10.6 Å². The van der Waals surface area contributed by atoms with Crippen LogP contribution in [0.2, 0.25) is 0 Å². The maximum Gasteiger partial charge on any atom is 0.235 e. The smallest absolute Gasteiger partial charge is 0.186 e. The highest BCUT2D eigenvalue weighted by Gasteiger charge is 2.14. The quantitative estimate of drug-likeness (QED) is 0.525. The lowest BCUT2D eigenvalue weighted by molar-refractivity contribution is 0.887. The number of fused-ring (bicyclic) bond motifs is 1. The van der Waals surface area contributed by atoms with Crippen LogP contribution in [-0.4, -0.2) is 30.0 Å². The zero-order chi connectivity index (χ0) is 14.2. The summed E-state index contributed by atoms with van der Waals surface area (Å²) in [5.74, 6) is 1.52. The first kappa shape index (κ1) is 13.3. The minimum atomic E-state index is 0.684. The molecule has 6 nitrogen and oxygen atoms in total. The number of thiophene rings is 1. The molecule has 0 saturated carbocycles. The number of aromatic nitrogens is 6. The third kappa shape index (κ3) is 2.59. The van der Waals surface area contributed by atoms with E-state index in [1.54, 1.807) is 45.8 Å². The summed E-state index contributed by atoms with van der Waals surface area (Å²) in [5.41, 5.74) is 0. The number of thioether (sulfide) groups is 1. The summed E-state index contributed by atoms with van der Waals surface area (Å²) in [6, 6.07) is 4.09. The van der Waals surface area contributed by atoms with E-state index >= 15 is 0 Å². The summed E-state index contributed by atoms with van der Waals surface area (Å²) >= 11 is 6.43. The van der Waals surface area contributed by atoms with Gasteiger partial charge in [0.2, 0.25) is 4.96 Å². The molecule has 0 atom stereocenters. The molecule has 106 valence electrons. The molecule has 0 aromatic carbocycles. The summed E-state index contributed by atoms with van der Waals surface area (Å²) in [4.78, 5) is 1.98. The SMILES string of the molecule is Cc1nnc(SCc2nnc3sc(-c4cccs4)nn23)s1. The topological polar surface area (TPSA) is 68.9 Å². The van der Waals surface area contributed by atoms with Crippen molar-refractivity contribution in [2.75, 3.05) is 0 Å². The first-order valence-corrected chi connectivity index (χ1v) is 9.47. The number of hydrogen-bond donors (Lipinski definition) is 0. The Morgan fingerprint density at radius 1 is 1.19 bits per heavy atom. The van der Waals surface area contributed by atoms with E-state index in [0.717, 1.165) is 30.0 Å². The van der Waals surface area contributed by atoms with Crippen LogP contribution >= 0.6 is 45.8 Å². The molecule has 0 aliphatic heterocycles. The number of hydrogen-bond acceptors (Lipinski definition) is 9. The summed E-state index contributed by atoms with van der Waals surface area (Å²) in [5, 5.41) is 25.1. The van der Waals surface area contributed by atoms with Crippen LogP contribution in [0.3, 0.4) is 0 Å². The van der Waals surface area contributed by atoms with Gasteiger partial charge in [-0.25, -0.2) is 0 Å². The van der Waals surface area contributed by atoms with Crippen molar-refractivity contribution in [2.24, 2.45) is 0 Å². The summed E-state index contributed by atoms with van der Waals surface area (Å²) in [6.45, 7) is 1.95. The fourth-order valence-corrected chi connectivity index (χ4v) is 5.08. The van der Waals surface area contributed by atoms with Crippen LogP contribution in [0.1, 0.15) is 10.8 Å². The second kappa shape index (κ2) is 5.44. The maximum absolute atomic E-state index is 4.61. The van der Waals surface area contributed by atoms with E-state index in [2.05, 4.69) is 31.6 Å². The maximum atomic E-state index is 4.61. The summed E-state index contributed by atoms with van der Waals surface area (Å²) in [6.07, 6.45) is 0. The van der Waals surface area contributed by atoms with Crippen molar-refractivity contribution in [1.82, 2.24) is 30.0 Å². The summed E-state index contributed by atoms with van der Waals surface area (Å²) in [7, 11) is 0. The normalized spacial score (nSPS) is 11.5. The zero-order valence-electron chi connectivity index (χ0n) is 10.8. The first-order chi connectivity index (χ1) is 10.3. The average Bonchev–Trinajstić information content (AvgIpc) is 3.21. The molecule has 4 aromatic heterocycles. The molecule has 0 spiro atoms. The first-order valence-electron chi connectivity index (χ1n) is 5.97. The molecule has 0 aliphatic carbocycles. The van der Waals surface area contributed by atoms with Gasteiger partial charge in [0, 0.05) is 0 Å². The van der Waals surface area contributed by atoms with Gasteiger partial charge in [0.15, 0.2) is 15.2 Å². The van der Waals surface area contributed by atoms with Crippen molar-refractivity contribution in [3.05, 3.63) is 28.3 Å². The van der Waals surface area contributed by atoms with E-state index in [-0.39, 0.29) is 0 Å². The lowest BCUT2D eigenvalue weighted by atomic mass is 10.5. The van der Waals surface area contributed by atoms with Crippen molar-refractivity contribution in [1.29, 1.82) is 0 Å². The lowest BCUT2D eigenvalue weighted by Gasteiger charge is -1.93. The molecular formula is C11H8N6S4.